The van der Waals surface area contributed by atoms with E-state index < -0.39 is 12.1 Å². The number of ether oxygens (including phenoxy) is 2. The van der Waals surface area contributed by atoms with Crippen molar-refractivity contribution in [3.63, 3.8) is 0 Å². The molecule has 152 valence electrons. The Labute approximate surface area is 159 Å². The van der Waals surface area contributed by atoms with Crippen LogP contribution in [-0.2, 0) is 14.3 Å². The number of rotatable bonds is 14. The minimum Gasteiger partial charge on any atom is -0.464 e. The Balaban J connectivity index is 1.92. The number of hydrogen-bond acceptors (Lipinski definition) is 4. The number of likely N-dealkylation sites (tertiary alicyclic amines) is 1. The fraction of sp³-hybridized carbons (Fsp3) is 0.905. The summed E-state index contributed by atoms with van der Waals surface area (Å²) in [6.45, 7) is 3.29. The first kappa shape index (κ1) is 22.8. The van der Waals surface area contributed by atoms with Crippen LogP contribution in [0.15, 0.2) is 0 Å². The van der Waals surface area contributed by atoms with Crippen molar-refractivity contribution in [3.8, 4) is 0 Å². The highest BCUT2D eigenvalue weighted by Gasteiger charge is 2.35. The first-order valence-corrected chi connectivity index (χ1v) is 10.7. The summed E-state index contributed by atoms with van der Waals surface area (Å²) >= 11 is 0. The van der Waals surface area contributed by atoms with Gasteiger partial charge < -0.3 is 9.47 Å². The van der Waals surface area contributed by atoms with Crippen molar-refractivity contribution >= 4 is 12.1 Å². The highest BCUT2D eigenvalue weighted by Crippen LogP contribution is 2.19. The van der Waals surface area contributed by atoms with E-state index in [2.05, 4.69) is 6.92 Å². The smallest absolute Gasteiger partial charge is 0.410 e. The van der Waals surface area contributed by atoms with Crippen LogP contribution in [0.4, 0.5) is 4.79 Å². The Morgan fingerprint density at radius 2 is 1.42 bits per heavy atom. The Morgan fingerprint density at radius 3 is 1.96 bits per heavy atom. The molecule has 0 N–H and O–H groups in total. The zero-order valence-electron chi connectivity index (χ0n) is 17.0. The molecule has 5 heteroatoms. The molecular weight excluding hydrogens is 330 g/mol. The lowest BCUT2D eigenvalue weighted by molar-refractivity contribution is -0.148. The lowest BCUT2D eigenvalue weighted by atomic mass is 10.1. The van der Waals surface area contributed by atoms with Gasteiger partial charge in [0, 0.05) is 6.54 Å². The van der Waals surface area contributed by atoms with E-state index in [1.54, 1.807) is 0 Å². The maximum absolute atomic E-state index is 12.1. The molecule has 1 amide bonds. The van der Waals surface area contributed by atoms with Gasteiger partial charge in [0.05, 0.1) is 13.7 Å². The molecule has 1 heterocycles. The molecule has 0 bridgehead atoms. The number of esters is 1. The summed E-state index contributed by atoms with van der Waals surface area (Å²) in [6, 6.07) is -0.459. The molecule has 0 aliphatic carbocycles. The predicted octanol–water partition coefficient (Wildman–Crippen LogP) is 5.46. The molecule has 1 fully saturated rings. The van der Waals surface area contributed by atoms with Gasteiger partial charge in [-0.1, -0.05) is 77.6 Å². The van der Waals surface area contributed by atoms with Gasteiger partial charge in [0.15, 0.2) is 0 Å². The summed E-state index contributed by atoms with van der Waals surface area (Å²) in [5, 5.41) is 0. The third-order valence-electron chi connectivity index (χ3n) is 5.18. The molecule has 1 aliphatic heterocycles. The highest BCUT2D eigenvalue weighted by atomic mass is 16.6. The van der Waals surface area contributed by atoms with Crippen LogP contribution in [0.3, 0.4) is 0 Å². The monoisotopic (exact) mass is 369 g/mol. The molecule has 1 saturated heterocycles. The molecule has 0 radical (unpaired) electrons. The largest absolute Gasteiger partial charge is 0.464 e. The summed E-state index contributed by atoms with van der Waals surface area (Å²) in [5.74, 6) is -0.282. The van der Waals surface area contributed by atoms with Crippen molar-refractivity contribution < 1.29 is 19.1 Å². The van der Waals surface area contributed by atoms with Crippen LogP contribution in [0.25, 0.3) is 0 Å². The molecule has 1 atom stereocenters. The maximum Gasteiger partial charge on any atom is 0.410 e. The van der Waals surface area contributed by atoms with Gasteiger partial charge in [-0.3, -0.25) is 4.90 Å². The van der Waals surface area contributed by atoms with Crippen molar-refractivity contribution in [1.82, 2.24) is 4.90 Å². The molecule has 0 spiro atoms. The van der Waals surface area contributed by atoms with E-state index >= 15 is 0 Å². The quantitative estimate of drug-likeness (QED) is 0.301. The normalized spacial score (nSPS) is 16.7. The maximum atomic E-state index is 12.1. The third-order valence-corrected chi connectivity index (χ3v) is 5.18. The Hall–Kier alpha value is -1.26. The standard InChI is InChI=1S/C21H39NO4/c1-3-4-5-6-7-8-9-10-11-12-13-14-18-26-20(23)19-16-15-17-22(19)21(24)25-2/h19H,3-18H2,1-2H3/t19-/m0/s1. The number of unbranched alkanes of at least 4 members (excludes halogenated alkanes) is 11. The number of methoxy groups -OCH3 is 1. The van der Waals surface area contributed by atoms with Crippen molar-refractivity contribution in [2.45, 2.75) is 103 Å². The van der Waals surface area contributed by atoms with Gasteiger partial charge in [-0.2, -0.15) is 0 Å². The lowest BCUT2D eigenvalue weighted by Gasteiger charge is -2.21. The van der Waals surface area contributed by atoms with Crippen molar-refractivity contribution in [2.24, 2.45) is 0 Å². The fourth-order valence-corrected chi connectivity index (χ4v) is 3.56. The van der Waals surface area contributed by atoms with Gasteiger partial charge in [0.2, 0.25) is 0 Å². The third kappa shape index (κ3) is 9.44. The minimum absolute atomic E-state index is 0.282. The van der Waals surface area contributed by atoms with Crippen molar-refractivity contribution in [1.29, 1.82) is 0 Å². The van der Waals surface area contributed by atoms with Crippen LogP contribution in [-0.4, -0.2) is 43.3 Å². The SMILES string of the molecule is CCCCCCCCCCCCCCOC(=O)[C@@H]1CCCN1C(=O)OC. The van der Waals surface area contributed by atoms with Gasteiger partial charge in [-0.25, -0.2) is 9.59 Å². The van der Waals surface area contributed by atoms with Crippen LogP contribution in [0, 0.1) is 0 Å². The second kappa shape index (κ2) is 14.9. The average Bonchev–Trinajstić information content (AvgIpc) is 3.14. The molecule has 0 aromatic rings. The molecule has 0 unspecified atom stereocenters. The topological polar surface area (TPSA) is 55.8 Å². The molecule has 0 aromatic heterocycles. The first-order valence-electron chi connectivity index (χ1n) is 10.7. The molecule has 0 aromatic carbocycles. The zero-order valence-corrected chi connectivity index (χ0v) is 17.0. The molecular formula is C21H39NO4. The van der Waals surface area contributed by atoms with E-state index in [0.717, 1.165) is 19.3 Å². The van der Waals surface area contributed by atoms with Crippen molar-refractivity contribution in [2.75, 3.05) is 20.3 Å². The Bertz CT molecular complexity index is 386. The van der Waals surface area contributed by atoms with Gasteiger partial charge in [-0.05, 0) is 19.3 Å². The molecule has 1 rings (SSSR count). The summed E-state index contributed by atoms with van der Waals surface area (Å²) in [5.41, 5.74) is 0. The van der Waals surface area contributed by atoms with E-state index in [-0.39, 0.29) is 5.97 Å². The van der Waals surface area contributed by atoms with E-state index in [0.29, 0.717) is 19.6 Å². The van der Waals surface area contributed by atoms with Gasteiger partial charge in [-0.15, -0.1) is 0 Å². The van der Waals surface area contributed by atoms with Gasteiger partial charge in [0.1, 0.15) is 6.04 Å². The summed E-state index contributed by atoms with van der Waals surface area (Å²) in [7, 11) is 1.34. The van der Waals surface area contributed by atoms with E-state index in [9.17, 15) is 9.59 Å². The number of hydrogen-bond donors (Lipinski definition) is 0. The fourth-order valence-electron chi connectivity index (χ4n) is 3.56. The molecule has 26 heavy (non-hydrogen) atoms. The van der Waals surface area contributed by atoms with Crippen LogP contribution < -0.4 is 0 Å². The Kier molecular flexibility index (Phi) is 13.0. The van der Waals surface area contributed by atoms with Gasteiger partial charge in [0.25, 0.3) is 0 Å². The number of carbonyl (C=O) groups excluding carboxylic acids is 2. The molecule has 5 nitrogen and oxygen atoms in total. The summed E-state index contributed by atoms with van der Waals surface area (Å²) in [4.78, 5) is 25.2. The highest BCUT2D eigenvalue weighted by molar-refractivity contribution is 5.82. The van der Waals surface area contributed by atoms with E-state index in [1.165, 1.54) is 76.2 Å². The van der Waals surface area contributed by atoms with Crippen molar-refractivity contribution in [3.05, 3.63) is 0 Å². The lowest BCUT2D eigenvalue weighted by Crippen LogP contribution is -2.41. The second-order valence-electron chi connectivity index (χ2n) is 7.38. The zero-order chi connectivity index (χ0) is 19.0. The van der Waals surface area contributed by atoms with Crippen LogP contribution >= 0.6 is 0 Å². The molecule has 0 saturated carbocycles. The van der Waals surface area contributed by atoms with E-state index in [4.69, 9.17) is 9.47 Å². The number of nitrogens with zero attached hydrogens (tertiary/aromatic N) is 1. The predicted molar refractivity (Wildman–Crippen MR) is 104 cm³/mol. The number of amides is 1. The number of carbonyl (C=O) groups is 2. The Morgan fingerprint density at radius 1 is 0.885 bits per heavy atom. The minimum atomic E-state index is -0.459. The van der Waals surface area contributed by atoms with Crippen LogP contribution in [0.1, 0.15) is 96.8 Å². The summed E-state index contributed by atoms with van der Waals surface area (Å²) < 4.78 is 10.1. The van der Waals surface area contributed by atoms with Gasteiger partial charge >= 0.3 is 12.1 Å². The van der Waals surface area contributed by atoms with Crippen LogP contribution in [0.5, 0.6) is 0 Å². The second-order valence-corrected chi connectivity index (χ2v) is 7.38. The summed E-state index contributed by atoms with van der Waals surface area (Å²) in [6.07, 6.45) is 16.5. The first-order chi connectivity index (χ1) is 12.7. The average molecular weight is 370 g/mol. The van der Waals surface area contributed by atoms with Crippen LogP contribution in [0.2, 0.25) is 0 Å². The van der Waals surface area contributed by atoms with E-state index in [1.807, 2.05) is 0 Å². The molecule has 1 aliphatic rings.